The molecule has 0 aliphatic carbocycles. The molecule has 1 fully saturated rings. The summed E-state index contributed by atoms with van der Waals surface area (Å²) in [6, 6.07) is 7.06. The van der Waals surface area contributed by atoms with Gasteiger partial charge in [0.05, 0.1) is 6.42 Å². The summed E-state index contributed by atoms with van der Waals surface area (Å²) < 4.78 is 0. The van der Waals surface area contributed by atoms with E-state index in [9.17, 15) is 19.2 Å². The second kappa shape index (κ2) is 9.46. The van der Waals surface area contributed by atoms with Crippen molar-refractivity contribution < 1.29 is 19.2 Å². The van der Waals surface area contributed by atoms with Crippen LogP contribution in [-0.4, -0.2) is 65.8 Å². The quantitative estimate of drug-likeness (QED) is 0.330. The summed E-state index contributed by atoms with van der Waals surface area (Å²) in [7, 11) is 0. The lowest BCUT2D eigenvalue weighted by Gasteiger charge is -2.32. The number of nitrogens with zero attached hydrogens (tertiary/aromatic N) is 3. The molecule has 0 unspecified atom stereocenters. The molecule has 1 aromatic rings. The average Bonchev–Trinajstić information content (AvgIpc) is 2.66. The first-order valence-electron chi connectivity index (χ1n) is 8.57. The van der Waals surface area contributed by atoms with Crippen LogP contribution in [0.5, 0.6) is 0 Å². The summed E-state index contributed by atoms with van der Waals surface area (Å²) in [5.74, 6) is -1.89. The Morgan fingerprint density at radius 1 is 1.15 bits per heavy atom. The number of piperazine rings is 1. The minimum absolute atomic E-state index is 0.0286. The normalized spacial score (nSPS) is 14.5. The first-order chi connectivity index (χ1) is 12.9. The number of hydrazone groups is 1. The van der Waals surface area contributed by atoms with Crippen LogP contribution in [0.15, 0.2) is 29.4 Å². The number of carbonyl (C=O) groups is 4. The van der Waals surface area contributed by atoms with Crippen LogP contribution < -0.4 is 10.7 Å². The van der Waals surface area contributed by atoms with Gasteiger partial charge in [-0.1, -0.05) is 12.1 Å². The van der Waals surface area contributed by atoms with E-state index in [0.717, 1.165) is 12.0 Å². The summed E-state index contributed by atoms with van der Waals surface area (Å²) in [4.78, 5) is 49.8. The Morgan fingerprint density at radius 3 is 2.48 bits per heavy atom. The molecule has 0 aromatic heterocycles. The molecule has 0 bridgehead atoms. The minimum atomic E-state index is -0.914. The standard InChI is InChI=1S/C18H23N5O4/c1-13-4-3-5-15(10-13)19-17(26)18(27)21-20-14(2)11-16(25)23-8-6-22(12-24)7-9-23/h3-5,10,12H,6-9,11H2,1-2H3,(H,19,26)(H,21,27). The van der Waals surface area contributed by atoms with Crippen LogP contribution in [0.25, 0.3) is 0 Å². The van der Waals surface area contributed by atoms with Crippen molar-refractivity contribution >= 4 is 35.5 Å². The molecule has 1 aliphatic rings. The molecule has 2 rings (SSSR count). The maximum Gasteiger partial charge on any atom is 0.329 e. The van der Waals surface area contributed by atoms with Gasteiger partial charge in [-0.15, -0.1) is 0 Å². The van der Waals surface area contributed by atoms with E-state index >= 15 is 0 Å². The molecule has 0 atom stereocenters. The fourth-order valence-corrected chi connectivity index (χ4v) is 2.55. The van der Waals surface area contributed by atoms with Gasteiger partial charge in [0, 0.05) is 37.6 Å². The van der Waals surface area contributed by atoms with Gasteiger partial charge < -0.3 is 15.1 Å². The van der Waals surface area contributed by atoms with Crippen molar-refractivity contribution in [3.05, 3.63) is 29.8 Å². The van der Waals surface area contributed by atoms with E-state index in [1.165, 1.54) is 0 Å². The molecule has 9 nitrogen and oxygen atoms in total. The van der Waals surface area contributed by atoms with E-state index in [2.05, 4.69) is 15.8 Å². The summed E-state index contributed by atoms with van der Waals surface area (Å²) in [5, 5.41) is 6.29. The molecular formula is C18H23N5O4. The number of rotatable bonds is 5. The van der Waals surface area contributed by atoms with Crippen molar-refractivity contribution in [2.75, 3.05) is 31.5 Å². The summed E-state index contributed by atoms with van der Waals surface area (Å²) >= 11 is 0. The van der Waals surface area contributed by atoms with E-state index in [0.29, 0.717) is 37.6 Å². The largest absolute Gasteiger partial charge is 0.342 e. The number of amides is 4. The molecule has 0 saturated carbocycles. The zero-order valence-corrected chi connectivity index (χ0v) is 15.4. The predicted molar refractivity (Wildman–Crippen MR) is 99.9 cm³/mol. The number of benzene rings is 1. The Hall–Kier alpha value is -3.23. The van der Waals surface area contributed by atoms with Gasteiger partial charge in [0.1, 0.15) is 0 Å². The number of hydrogen-bond donors (Lipinski definition) is 2. The lowest BCUT2D eigenvalue weighted by atomic mass is 10.2. The smallest absolute Gasteiger partial charge is 0.329 e. The first kappa shape index (κ1) is 20.1. The van der Waals surface area contributed by atoms with Gasteiger partial charge in [0.25, 0.3) is 0 Å². The van der Waals surface area contributed by atoms with Gasteiger partial charge in [0.2, 0.25) is 12.3 Å². The van der Waals surface area contributed by atoms with E-state index < -0.39 is 11.8 Å². The lowest BCUT2D eigenvalue weighted by Crippen LogP contribution is -2.48. The molecule has 0 spiro atoms. The fourth-order valence-electron chi connectivity index (χ4n) is 2.55. The lowest BCUT2D eigenvalue weighted by molar-refractivity contribution is -0.136. The second-order valence-corrected chi connectivity index (χ2v) is 6.31. The van der Waals surface area contributed by atoms with E-state index in [1.807, 2.05) is 13.0 Å². The van der Waals surface area contributed by atoms with Crippen molar-refractivity contribution in [1.29, 1.82) is 0 Å². The Bertz CT molecular complexity index is 754. The van der Waals surface area contributed by atoms with E-state index in [-0.39, 0.29) is 12.3 Å². The van der Waals surface area contributed by atoms with Crippen LogP contribution in [0.4, 0.5) is 5.69 Å². The second-order valence-electron chi connectivity index (χ2n) is 6.31. The summed E-state index contributed by atoms with van der Waals surface area (Å²) in [6.07, 6.45) is 0.798. The number of nitrogens with one attached hydrogen (secondary N) is 2. The van der Waals surface area contributed by atoms with Crippen LogP contribution in [0.2, 0.25) is 0 Å². The topological polar surface area (TPSA) is 111 Å². The third kappa shape index (κ3) is 6.21. The zero-order chi connectivity index (χ0) is 19.8. The molecular weight excluding hydrogens is 350 g/mol. The van der Waals surface area contributed by atoms with E-state index in [1.54, 1.807) is 34.9 Å². The van der Waals surface area contributed by atoms with Crippen molar-refractivity contribution in [2.24, 2.45) is 5.10 Å². The third-order valence-corrected chi connectivity index (χ3v) is 4.05. The van der Waals surface area contributed by atoms with Crippen molar-refractivity contribution in [3.8, 4) is 0 Å². The first-order valence-corrected chi connectivity index (χ1v) is 8.57. The molecule has 9 heteroatoms. The SMILES string of the molecule is CC(CC(=O)N1CCN(C=O)CC1)=NNC(=O)C(=O)Nc1cccc(C)c1. The Kier molecular flexibility index (Phi) is 7.04. The van der Waals surface area contributed by atoms with Gasteiger partial charge in [0.15, 0.2) is 0 Å². The fraction of sp³-hybridized carbons (Fsp3) is 0.389. The average molecular weight is 373 g/mol. The van der Waals surface area contributed by atoms with Crippen LogP contribution in [0.3, 0.4) is 0 Å². The highest BCUT2D eigenvalue weighted by Gasteiger charge is 2.20. The van der Waals surface area contributed by atoms with Crippen LogP contribution in [0.1, 0.15) is 18.9 Å². The van der Waals surface area contributed by atoms with Gasteiger partial charge in [-0.25, -0.2) is 5.43 Å². The maximum atomic E-state index is 12.2. The predicted octanol–water partition coefficient (Wildman–Crippen LogP) is 0.116. The van der Waals surface area contributed by atoms with Crippen molar-refractivity contribution in [3.63, 3.8) is 0 Å². The van der Waals surface area contributed by atoms with Gasteiger partial charge in [-0.05, 0) is 31.5 Å². The Morgan fingerprint density at radius 2 is 1.85 bits per heavy atom. The highest BCUT2D eigenvalue weighted by molar-refractivity contribution is 6.39. The molecule has 0 radical (unpaired) electrons. The minimum Gasteiger partial charge on any atom is -0.342 e. The summed E-state index contributed by atoms with van der Waals surface area (Å²) in [5.41, 5.74) is 4.00. The molecule has 1 aromatic carbocycles. The zero-order valence-electron chi connectivity index (χ0n) is 15.4. The number of carbonyl (C=O) groups excluding carboxylic acids is 4. The third-order valence-electron chi connectivity index (χ3n) is 4.05. The van der Waals surface area contributed by atoms with Crippen molar-refractivity contribution in [2.45, 2.75) is 20.3 Å². The Balaban J connectivity index is 1.80. The van der Waals surface area contributed by atoms with Gasteiger partial charge in [-0.2, -0.15) is 5.10 Å². The van der Waals surface area contributed by atoms with Crippen LogP contribution >= 0.6 is 0 Å². The molecule has 2 N–H and O–H groups in total. The summed E-state index contributed by atoms with van der Waals surface area (Å²) in [6.45, 7) is 5.41. The Labute approximate surface area is 157 Å². The highest BCUT2D eigenvalue weighted by atomic mass is 16.2. The maximum absolute atomic E-state index is 12.2. The molecule has 27 heavy (non-hydrogen) atoms. The van der Waals surface area contributed by atoms with Gasteiger partial charge >= 0.3 is 11.8 Å². The van der Waals surface area contributed by atoms with Crippen LogP contribution in [0, 0.1) is 6.92 Å². The van der Waals surface area contributed by atoms with Gasteiger partial charge in [-0.3, -0.25) is 19.2 Å². The monoisotopic (exact) mass is 373 g/mol. The van der Waals surface area contributed by atoms with Crippen LogP contribution in [-0.2, 0) is 19.2 Å². The molecule has 1 heterocycles. The van der Waals surface area contributed by atoms with E-state index in [4.69, 9.17) is 0 Å². The van der Waals surface area contributed by atoms with Crippen molar-refractivity contribution in [1.82, 2.24) is 15.2 Å². The molecule has 1 saturated heterocycles. The molecule has 4 amide bonds. The molecule has 1 aliphatic heterocycles. The highest BCUT2D eigenvalue weighted by Crippen LogP contribution is 2.09. The number of anilines is 1. The molecule has 144 valence electrons. The number of hydrogen-bond acceptors (Lipinski definition) is 5. The number of aryl methyl sites for hydroxylation is 1.